The molecule has 2 aliphatic heterocycles. The summed E-state index contributed by atoms with van der Waals surface area (Å²) in [4.78, 5) is 31.9. The first-order valence-electron chi connectivity index (χ1n) is 7.62. The molecule has 0 saturated heterocycles. The largest absolute Gasteiger partial charge is 0.328 e. The number of benzene rings is 1. The first kappa shape index (κ1) is 14.4. The Hall–Kier alpha value is -3.15. The lowest BCUT2D eigenvalue weighted by Crippen LogP contribution is -2.17. The fraction of sp³-hybridized carbons (Fsp3) is 0.167. The number of carbonyl (C=O) groups excluding carboxylic acids is 2. The first-order chi connectivity index (χ1) is 11.5. The summed E-state index contributed by atoms with van der Waals surface area (Å²) in [5, 5.41) is 2.75. The van der Waals surface area contributed by atoms with Gasteiger partial charge in [0.15, 0.2) is 0 Å². The van der Waals surface area contributed by atoms with E-state index in [9.17, 15) is 9.59 Å². The molecular weight excluding hydrogens is 304 g/mol. The van der Waals surface area contributed by atoms with Gasteiger partial charge in [-0.05, 0) is 24.3 Å². The molecule has 24 heavy (non-hydrogen) atoms. The SMILES string of the molecule is CC(=O)Nc1cnc2c(c1)C=C1c3c(cccc3N2C)C(=O)N1C. The molecule has 0 radical (unpaired) electrons. The number of amides is 2. The van der Waals surface area contributed by atoms with Crippen LogP contribution in [-0.2, 0) is 4.79 Å². The minimum atomic E-state index is -0.148. The van der Waals surface area contributed by atoms with Crippen LogP contribution in [-0.4, -0.2) is 35.8 Å². The van der Waals surface area contributed by atoms with E-state index in [0.29, 0.717) is 11.3 Å². The average molecular weight is 320 g/mol. The van der Waals surface area contributed by atoms with Crippen LogP contribution >= 0.6 is 0 Å². The number of hydrogen-bond donors (Lipinski definition) is 1. The number of fused-ring (bicyclic) bond motifs is 1. The van der Waals surface area contributed by atoms with E-state index in [0.717, 1.165) is 28.3 Å². The van der Waals surface area contributed by atoms with Gasteiger partial charge in [0.2, 0.25) is 5.91 Å². The van der Waals surface area contributed by atoms with Crippen LogP contribution in [0.5, 0.6) is 0 Å². The summed E-state index contributed by atoms with van der Waals surface area (Å²) >= 11 is 0. The van der Waals surface area contributed by atoms with E-state index < -0.39 is 0 Å². The molecule has 2 aliphatic rings. The molecule has 2 amide bonds. The van der Waals surface area contributed by atoms with Crippen LogP contribution in [0.15, 0.2) is 30.5 Å². The molecule has 0 aliphatic carbocycles. The van der Waals surface area contributed by atoms with Crippen molar-refractivity contribution in [2.45, 2.75) is 6.92 Å². The molecule has 0 atom stereocenters. The molecule has 0 bridgehead atoms. The Morgan fingerprint density at radius 1 is 1.21 bits per heavy atom. The molecule has 0 fully saturated rings. The van der Waals surface area contributed by atoms with Crippen LogP contribution in [0.1, 0.15) is 28.4 Å². The number of carbonyl (C=O) groups is 2. The van der Waals surface area contributed by atoms with Crippen molar-refractivity contribution in [3.8, 4) is 0 Å². The summed E-state index contributed by atoms with van der Waals surface area (Å²) in [5.41, 5.74) is 4.88. The lowest BCUT2D eigenvalue weighted by atomic mass is 10.1. The number of anilines is 3. The third-order valence-electron chi connectivity index (χ3n) is 4.38. The molecule has 3 heterocycles. The fourth-order valence-corrected chi connectivity index (χ4v) is 3.29. The Kier molecular flexibility index (Phi) is 2.96. The van der Waals surface area contributed by atoms with E-state index in [2.05, 4.69) is 10.3 Å². The van der Waals surface area contributed by atoms with Crippen molar-refractivity contribution in [3.63, 3.8) is 0 Å². The molecular formula is C18H16N4O2. The van der Waals surface area contributed by atoms with E-state index in [4.69, 9.17) is 0 Å². The lowest BCUT2D eigenvalue weighted by molar-refractivity contribution is -0.114. The first-order valence-corrected chi connectivity index (χ1v) is 7.62. The Morgan fingerprint density at radius 3 is 2.75 bits per heavy atom. The van der Waals surface area contributed by atoms with Crippen LogP contribution in [0, 0.1) is 0 Å². The predicted octanol–water partition coefficient (Wildman–Crippen LogP) is 2.71. The lowest BCUT2D eigenvalue weighted by Gasteiger charge is -2.21. The summed E-state index contributed by atoms with van der Waals surface area (Å²) < 4.78 is 0. The number of rotatable bonds is 1. The second-order valence-electron chi connectivity index (χ2n) is 5.97. The van der Waals surface area contributed by atoms with Gasteiger partial charge < -0.3 is 15.1 Å². The summed E-state index contributed by atoms with van der Waals surface area (Å²) in [5.74, 6) is 0.617. The highest BCUT2D eigenvalue weighted by Gasteiger charge is 2.35. The van der Waals surface area contributed by atoms with E-state index in [-0.39, 0.29) is 11.8 Å². The third-order valence-corrected chi connectivity index (χ3v) is 4.38. The van der Waals surface area contributed by atoms with E-state index in [1.165, 1.54) is 6.92 Å². The summed E-state index contributed by atoms with van der Waals surface area (Å²) in [6.07, 6.45) is 3.59. The highest BCUT2D eigenvalue weighted by atomic mass is 16.2. The molecule has 1 aromatic heterocycles. The highest BCUT2D eigenvalue weighted by molar-refractivity contribution is 6.15. The second kappa shape index (κ2) is 4.92. The number of pyridine rings is 1. The Balaban J connectivity index is 1.97. The molecule has 0 spiro atoms. The van der Waals surface area contributed by atoms with Crippen molar-refractivity contribution in [1.29, 1.82) is 0 Å². The molecule has 0 unspecified atom stereocenters. The van der Waals surface area contributed by atoms with E-state index in [1.54, 1.807) is 18.1 Å². The molecule has 1 aromatic carbocycles. The van der Waals surface area contributed by atoms with Crippen LogP contribution in [0.2, 0.25) is 0 Å². The van der Waals surface area contributed by atoms with E-state index >= 15 is 0 Å². The zero-order valence-electron chi connectivity index (χ0n) is 13.6. The third kappa shape index (κ3) is 1.93. The molecule has 6 nitrogen and oxygen atoms in total. The molecule has 6 heteroatoms. The van der Waals surface area contributed by atoms with Gasteiger partial charge in [-0.25, -0.2) is 4.98 Å². The summed E-state index contributed by atoms with van der Waals surface area (Å²) in [7, 11) is 3.70. The minimum Gasteiger partial charge on any atom is -0.328 e. The standard InChI is InChI=1S/C18H16N4O2/c1-10(23)20-12-7-11-8-15-16-13(18(24)22(15)3)5-4-6-14(16)21(2)17(11)19-9-12/h4-9H,1-3H3,(H,20,23). The monoisotopic (exact) mass is 320 g/mol. The van der Waals surface area contributed by atoms with Crippen LogP contribution in [0.25, 0.3) is 11.8 Å². The molecule has 1 N–H and O–H groups in total. The second-order valence-corrected chi connectivity index (χ2v) is 5.97. The van der Waals surface area contributed by atoms with Crippen molar-refractivity contribution in [3.05, 3.63) is 47.2 Å². The maximum atomic E-state index is 12.5. The van der Waals surface area contributed by atoms with Crippen LogP contribution < -0.4 is 10.2 Å². The fourth-order valence-electron chi connectivity index (χ4n) is 3.29. The van der Waals surface area contributed by atoms with Crippen molar-refractivity contribution >= 4 is 40.8 Å². The normalized spacial score (nSPS) is 14.8. The number of hydrogen-bond acceptors (Lipinski definition) is 4. The van der Waals surface area contributed by atoms with Gasteiger partial charge in [0.1, 0.15) is 5.82 Å². The van der Waals surface area contributed by atoms with Crippen molar-refractivity contribution in [2.75, 3.05) is 24.3 Å². The molecule has 4 rings (SSSR count). The smallest absolute Gasteiger partial charge is 0.258 e. The van der Waals surface area contributed by atoms with Gasteiger partial charge in [-0.1, -0.05) is 6.07 Å². The minimum absolute atomic E-state index is 0.0130. The van der Waals surface area contributed by atoms with Crippen molar-refractivity contribution in [2.24, 2.45) is 0 Å². The zero-order chi connectivity index (χ0) is 17.0. The van der Waals surface area contributed by atoms with Crippen LogP contribution in [0.4, 0.5) is 17.2 Å². The number of aromatic nitrogens is 1. The van der Waals surface area contributed by atoms with Crippen molar-refractivity contribution in [1.82, 2.24) is 9.88 Å². The average Bonchev–Trinajstić information content (AvgIpc) is 2.72. The number of nitrogens with zero attached hydrogens (tertiary/aromatic N) is 3. The van der Waals surface area contributed by atoms with E-state index in [1.807, 2.05) is 42.3 Å². The molecule has 120 valence electrons. The topological polar surface area (TPSA) is 65.5 Å². The van der Waals surface area contributed by atoms with Gasteiger partial charge in [-0.15, -0.1) is 0 Å². The van der Waals surface area contributed by atoms with Gasteiger partial charge >= 0.3 is 0 Å². The van der Waals surface area contributed by atoms with Crippen LogP contribution in [0.3, 0.4) is 0 Å². The zero-order valence-corrected chi connectivity index (χ0v) is 13.6. The van der Waals surface area contributed by atoms with Gasteiger partial charge in [0.05, 0.1) is 28.8 Å². The Bertz CT molecular complexity index is 933. The Morgan fingerprint density at radius 2 is 2.00 bits per heavy atom. The van der Waals surface area contributed by atoms with Gasteiger partial charge in [0, 0.05) is 32.1 Å². The highest BCUT2D eigenvalue weighted by Crippen LogP contribution is 2.44. The summed E-state index contributed by atoms with van der Waals surface area (Å²) in [6.45, 7) is 1.46. The molecule has 2 aromatic rings. The maximum Gasteiger partial charge on any atom is 0.258 e. The number of nitrogens with one attached hydrogen (secondary N) is 1. The van der Waals surface area contributed by atoms with Gasteiger partial charge in [-0.3, -0.25) is 9.59 Å². The maximum absolute atomic E-state index is 12.5. The quantitative estimate of drug-likeness (QED) is 0.877. The Labute approximate surface area is 139 Å². The predicted molar refractivity (Wildman–Crippen MR) is 93.0 cm³/mol. The molecule has 0 saturated carbocycles. The summed E-state index contributed by atoms with van der Waals surface area (Å²) in [6, 6.07) is 7.58. The van der Waals surface area contributed by atoms with Gasteiger partial charge in [0.25, 0.3) is 5.91 Å². The van der Waals surface area contributed by atoms with Crippen molar-refractivity contribution < 1.29 is 9.59 Å². The van der Waals surface area contributed by atoms with Gasteiger partial charge in [-0.2, -0.15) is 0 Å².